The summed E-state index contributed by atoms with van der Waals surface area (Å²) < 4.78 is 0. The third-order valence-corrected chi connectivity index (χ3v) is 1.27. The number of hydrogen-bond donors (Lipinski definition) is 2. The predicted octanol–water partition coefficient (Wildman–Crippen LogP) is 2.14. The van der Waals surface area contributed by atoms with E-state index in [9.17, 15) is 0 Å². The Kier molecular flexibility index (Phi) is 2.44. The third-order valence-electron chi connectivity index (χ3n) is 1.06. The van der Waals surface area contributed by atoms with Gasteiger partial charge in [0.1, 0.15) is 5.15 Å². The Bertz CT molecular complexity index is 272. The summed E-state index contributed by atoms with van der Waals surface area (Å²) in [5.41, 5.74) is 0.789. The minimum absolute atomic E-state index is 0.382. The predicted molar refractivity (Wildman–Crippen MR) is 46.3 cm³/mol. The van der Waals surface area contributed by atoms with Crippen LogP contribution in [0.2, 0.25) is 5.15 Å². The van der Waals surface area contributed by atoms with Crippen molar-refractivity contribution in [2.24, 2.45) is 0 Å². The van der Waals surface area contributed by atoms with Gasteiger partial charge in [0.25, 0.3) is 0 Å². The Morgan fingerprint density at radius 1 is 1.73 bits per heavy atom. The van der Waals surface area contributed by atoms with E-state index in [2.05, 4.69) is 10.3 Å². The summed E-state index contributed by atoms with van der Waals surface area (Å²) in [6, 6.07) is 3.42. The van der Waals surface area contributed by atoms with E-state index in [1.807, 2.05) is 0 Å². The standard InChI is InChI=1S/C7H8ClN3/c1-5(9)11-6-2-3-10-7(8)4-6/h2-4H,1H3,(H2,9,10,11). The van der Waals surface area contributed by atoms with Gasteiger partial charge in [-0.15, -0.1) is 0 Å². The quantitative estimate of drug-likeness (QED) is 0.385. The monoisotopic (exact) mass is 169 g/mol. The van der Waals surface area contributed by atoms with Crippen molar-refractivity contribution in [3.63, 3.8) is 0 Å². The lowest BCUT2D eigenvalue weighted by molar-refractivity contribution is 1.32. The number of aromatic nitrogens is 1. The summed E-state index contributed by atoms with van der Waals surface area (Å²) >= 11 is 5.61. The molecule has 0 fully saturated rings. The van der Waals surface area contributed by atoms with Gasteiger partial charge in [-0.05, 0) is 19.1 Å². The average molecular weight is 170 g/mol. The molecule has 0 atom stereocenters. The van der Waals surface area contributed by atoms with Gasteiger partial charge in [-0.1, -0.05) is 11.6 Å². The van der Waals surface area contributed by atoms with Crippen LogP contribution in [0.5, 0.6) is 0 Å². The van der Waals surface area contributed by atoms with E-state index in [0.717, 1.165) is 5.69 Å². The van der Waals surface area contributed by atoms with Crippen molar-refractivity contribution in [3.05, 3.63) is 23.5 Å². The first-order valence-electron chi connectivity index (χ1n) is 3.12. The Hall–Kier alpha value is -1.09. The van der Waals surface area contributed by atoms with E-state index in [0.29, 0.717) is 11.0 Å². The second-order valence-corrected chi connectivity index (χ2v) is 2.50. The normalized spacial score (nSPS) is 9.27. The average Bonchev–Trinajstić information content (AvgIpc) is 1.85. The van der Waals surface area contributed by atoms with Crippen molar-refractivity contribution < 1.29 is 0 Å². The zero-order valence-electron chi connectivity index (χ0n) is 6.06. The van der Waals surface area contributed by atoms with Gasteiger partial charge in [0.05, 0.1) is 5.84 Å². The summed E-state index contributed by atoms with van der Waals surface area (Å²) in [4.78, 5) is 3.80. The molecule has 4 heteroatoms. The largest absolute Gasteiger partial charge is 0.344 e. The molecule has 0 radical (unpaired) electrons. The minimum Gasteiger partial charge on any atom is -0.344 e. The van der Waals surface area contributed by atoms with E-state index in [1.165, 1.54) is 0 Å². The molecule has 2 N–H and O–H groups in total. The van der Waals surface area contributed by atoms with Crippen LogP contribution in [-0.2, 0) is 0 Å². The molecular formula is C7H8ClN3. The van der Waals surface area contributed by atoms with Crippen LogP contribution in [0, 0.1) is 5.41 Å². The molecule has 1 heterocycles. The molecule has 1 aromatic heterocycles. The van der Waals surface area contributed by atoms with Crippen LogP contribution in [0.4, 0.5) is 5.69 Å². The number of pyridine rings is 1. The molecular weight excluding hydrogens is 162 g/mol. The van der Waals surface area contributed by atoms with E-state index in [1.54, 1.807) is 25.3 Å². The van der Waals surface area contributed by atoms with Crippen LogP contribution in [0.15, 0.2) is 18.3 Å². The molecule has 11 heavy (non-hydrogen) atoms. The molecule has 0 aromatic carbocycles. The molecule has 58 valence electrons. The summed E-state index contributed by atoms with van der Waals surface area (Å²) in [7, 11) is 0. The van der Waals surface area contributed by atoms with Crippen LogP contribution in [0.25, 0.3) is 0 Å². The van der Waals surface area contributed by atoms with Crippen molar-refractivity contribution in [1.29, 1.82) is 5.41 Å². The Balaban J connectivity index is 2.79. The van der Waals surface area contributed by atoms with E-state index < -0.39 is 0 Å². The van der Waals surface area contributed by atoms with Gasteiger partial charge in [-0.2, -0.15) is 0 Å². The van der Waals surface area contributed by atoms with E-state index >= 15 is 0 Å². The first-order valence-corrected chi connectivity index (χ1v) is 3.50. The van der Waals surface area contributed by atoms with Gasteiger partial charge < -0.3 is 5.32 Å². The molecule has 0 aliphatic heterocycles. The van der Waals surface area contributed by atoms with Crippen molar-refractivity contribution in [2.45, 2.75) is 6.92 Å². The maximum Gasteiger partial charge on any atom is 0.131 e. The van der Waals surface area contributed by atoms with Gasteiger partial charge in [-0.25, -0.2) is 4.98 Å². The molecule has 1 rings (SSSR count). The molecule has 0 bridgehead atoms. The van der Waals surface area contributed by atoms with Crippen molar-refractivity contribution in [1.82, 2.24) is 4.98 Å². The van der Waals surface area contributed by atoms with Crippen LogP contribution in [0.3, 0.4) is 0 Å². The molecule has 0 saturated carbocycles. The highest BCUT2D eigenvalue weighted by molar-refractivity contribution is 6.29. The highest BCUT2D eigenvalue weighted by Gasteiger charge is 1.93. The fraction of sp³-hybridized carbons (Fsp3) is 0.143. The highest BCUT2D eigenvalue weighted by atomic mass is 35.5. The minimum atomic E-state index is 0.382. The van der Waals surface area contributed by atoms with Crippen LogP contribution < -0.4 is 5.32 Å². The Morgan fingerprint density at radius 3 is 3.00 bits per heavy atom. The second-order valence-electron chi connectivity index (χ2n) is 2.12. The number of hydrogen-bond acceptors (Lipinski definition) is 2. The summed E-state index contributed by atoms with van der Waals surface area (Å²) in [5, 5.41) is 10.4. The molecule has 0 aliphatic carbocycles. The molecule has 0 unspecified atom stereocenters. The fourth-order valence-corrected chi connectivity index (χ4v) is 0.871. The zero-order chi connectivity index (χ0) is 8.27. The second kappa shape index (κ2) is 3.34. The van der Waals surface area contributed by atoms with Crippen molar-refractivity contribution in [2.75, 3.05) is 5.32 Å². The van der Waals surface area contributed by atoms with Gasteiger partial charge in [-0.3, -0.25) is 5.41 Å². The number of amidine groups is 1. The molecule has 3 nitrogen and oxygen atoms in total. The fourth-order valence-electron chi connectivity index (χ4n) is 0.697. The van der Waals surface area contributed by atoms with Crippen LogP contribution >= 0.6 is 11.6 Å². The number of nitrogens with one attached hydrogen (secondary N) is 2. The zero-order valence-corrected chi connectivity index (χ0v) is 6.81. The highest BCUT2D eigenvalue weighted by Crippen LogP contribution is 2.11. The van der Waals surface area contributed by atoms with Gasteiger partial charge in [0.2, 0.25) is 0 Å². The van der Waals surface area contributed by atoms with Crippen molar-refractivity contribution >= 4 is 23.1 Å². The van der Waals surface area contributed by atoms with Gasteiger partial charge in [0, 0.05) is 11.9 Å². The summed E-state index contributed by atoms with van der Waals surface area (Å²) in [6.07, 6.45) is 1.59. The lowest BCUT2D eigenvalue weighted by Gasteiger charge is -2.01. The number of anilines is 1. The molecule has 0 spiro atoms. The molecule has 0 saturated heterocycles. The number of nitrogens with zero attached hydrogens (tertiary/aromatic N) is 1. The Morgan fingerprint density at radius 2 is 2.45 bits per heavy atom. The topological polar surface area (TPSA) is 48.8 Å². The van der Waals surface area contributed by atoms with E-state index in [-0.39, 0.29) is 0 Å². The Labute approximate surface area is 69.9 Å². The smallest absolute Gasteiger partial charge is 0.131 e. The van der Waals surface area contributed by atoms with E-state index in [4.69, 9.17) is 17.0 Å². The lowest BCUT2D eigenvalue weighted by atomic mass is 10.4. The molecule has 0 aliphatic rings. The SMILES string of the molecule is CC(=N)Nc1ccnc(Cl)c1. The molecule has 1 aromatic rings. The number of halogens is 1. The molecule has 0 amide bonds. The first-order chi connectivity index (χ1) is 5.18. The van der Waals surface area contributed by atoms with Crippen LogP contribution in [0.1, 0.15) is 6.92 Å². The first kappa shape index (κ1) is 8.01. The maximum atomic E-state index is 7.13. The van der Waals surface area contributed by atoms with Crippen molar-refractivity contribution in [3.8, 4) is 0 Å². The summed E-state index contributed by atoms with van der Waals surface area (Å²) in [6.45, 7) is 1.66. The maximum absolute atomic E-state index is 7.13. The third kappa shape index (κ3) is 2.55. The van der Waals surface area contributed by atoms with Gasteiger partial charge in [0.15, 0.2) is 0 Å². The summed E-state index contributed by atoms with van der Waals surface area (Å²) in [5.74, 6) is 0.382. The van der Waals surface area contributed by atoms with Crippen LogP contribution in [-0.4, -0.2) is 10.8 Å². The lowest BCUT2D eigenvalue weighted by Crippen LogP contribution is -2.04. The van der Waals surface area contributed by atoms with Gasteiger partial charge >= 0.3 is 0 Å². The number of rotatable bonds is 1.